The van der Waals surface area contributed by atoms with Crippen LogP contribution in [0.2, 0.25) is 0 Å². The highest BCUT2D eigenvalue weighted by atomic mass is 16.2. The van der Waals surface area contributed by atoms with Crippen LogP contribution in [-0.4, -0.2) is 22.0 Å². The molecule has 0 saturated carbocycles. The minimum Gasteiger partial charge on any atom is -0.339 e. The zero-order valence-electron chi connectivity index (χ0n) is 17.6. The third-order valence-electron chi connectivity index (χ3n) is 5.88. The molecule has 1 aliphatic rings. The summed E-state index contributed by atoms with van der Waals surface area (Å²) in [5.74, 6) is -0.290. The van der Waals surface area contributed by atoms with Crippen LogP contribution in [0.15, 0.2) is 76.3 Å². The first-order valence-electron chi connectivity index (χ1n) is 10.6. The van der Waals surface area contributed by atoms with Crippen LogP contribution >= 0.6 is 0 Å². The number of carbonyl (C=O) groups is 1. The van der Waals surface area contributed by atoms with Crippen LogP contribution in [-0.2, 0) is 13.0 Å². The average Bonchev–Trinajstić information content (AvgIpc) is 3.24. The summed E-state index contributed by atoms with van der Waals surface area (Å²) in [7, 11) is 0. The van der Waals surface area contributed by atoms with Gasteiger partial charge in [-0.2, -0.15) is 0 Å². The number of benzene rings is 3. The van der Waals surface area contributed by atoms with Gasteiger partial charge >= 0.3 is 11.1 Å². The van der Waals surface area contributed by atoms with Crippen LogP contribution in [0.5, 0.6) is 0 Å². The molecule has 32 heavy (non-hydrogen) atoms. The van der Waals surface area contributed by atoms with E-state index >= 15 is 0 Å². The van der Waals surface area contributed by atoms with Gasteiger partial charge in [-0.15, -0.1) is 0 Å². The molecule has 1 aromatic heterocycles. The Morgan fingerprint density at radius 1 is 1.00 bits per heavy atom. The number of nitrogens with one attached hydrogen (secondary N) is 2. The van der Waals surface area contributed by atoms with Gasteiger partial charge in [0.1, 0.15) is 0 Å². The molecule has 160 valence electrons. The molecule has 1 amide bonds. The molecule has 0 fully saturated rings. The van der Waals surface area contributed by atoms with E-state index < -0.39 is 11.1 Å². The van der Waals surface area contributed by atoms with Gasteiger partial charge in [0, 0.05) is 24.3 Å². The van der Waals surface area contributed by atoms with Crippen LogP contribution in [0, 0.1) is 0 Å². The van der Waals surface area contributed by atoms with Crippen molar-refractivity contribution in [1.82, 2.24) is 9.55 Å². The van der Waals surface area contributed by atoms with Crippen molar-refractivity contribution in [3.8, 4) is 0 Å². The van der Waals surface area contributed by atoms with Gasteiger partial charge in [0.05, 0.1) is 22.4 Å². The predicted octanol–water partition coefficient (Wildman–Crippen LogP) is 3.66. The van der Waals surface area contributed by atoms with E-state index in [9.17, 15) is 14.4 Å². The van der Waals surface area contributed by atoms with Gasteiger partial charge in [-0.05, 0) is 55.3 Å². The molecule has 5 rings (SSSR count). The van der Waals surface area contributed by atoms with Crippen LogP contribution < -0.4 is 21.3 Å². The molecule has 4 aromatic rings. The first kappa shape index (κ1) is 19.8. The molecule has 0 unspecified atom stereocenters. The Balaban J connectivity index is 1.49. The number of aromatic amines is 1. The second kappa shape index (κ2) is 7.85. The number of aryl methyl sites for hydroxylation is 1. The summed E-state index contributed by atoms with van der Waals surface area (Å²) in [6.07, 6.45) is 0.954. The first-order valence-corrected chi connectivity index (χ1v) is 10.6. The van der Waals surface area contributed by atoms with Crippen molar-refractivity contribution >= 4 is 34.0 Å². The molecule has 0 radical (unpaired) electrons. The summed E-state index contributed by atoms with van der Waals surface area (Å²) in [6, 6.07) is 20.9. The van der Waals surface area contributed by atoms with Gasteiger partial charge in [0.25, 0.3) is 5.91 Å². The number of hydrogen-bond acceptors (Lipinski definition) is 4. The summed E-state index contributed by atoms with van der Waals surface area (Å²) in [5, 5.41) is 3.01. The highest BCUT2D eigenvalue weighted by Crippen LogP contribution is 2.38. The van der Waals surface area contributed by atoms with Gasteiger partial charge in [0.2, 0.25) is 0 Å². The molecule has 7 heteroatoms. The number of amides is 1. The van der Waals surface area contributed by atoms with E-state index in [0.717, 1.165) is 24.3 Å². The molecule has 2 heterocycles. The number of nitrogens with zero attached hydrogens (tertiary/aromatic N) is 2. The van der Waals surface area contributed by atoms with Crippen molar-refractivity contribution in [2.45, 2.75) is 19.9 Å². The maximum Gasteiger partial charge on any atom is 0.316 e. The van der Waals surface area contributed by atoms with Gasteiger partial charge in [0.15, 0.2) is 0 Å². The van der Waals surface area contributed by atoms with E-state index in [4.69, 9.17) is 0 Å². The number of hydrogen-bond donors (Lipinski definition) is 2. The summed E-state index contributed by atoms with van der Waals surface area (Å²) >= 11 is 0. The quantitative estimate of drug-likeness (QED) is 0.488. The monoisotopic (exact) mass is 426 g/mol. The van der Waals surface area contributed by atoms with E-state index in [0.29, 0.717) is 28.8 Å². The topological polar surface area (TPSA) is 87.2 Å². The fraction of sp³-hybridized carbons (Fsp3) is 0.160. The van der Waals surface area contributed by atoms with Crippen LogP contribution in [0.25, 0.3) is 11.0 Å². The SMILES string of the molecule is CCn1c(=O)c(=O)[nH]c2cc(C(=O)Nc3ccccc3N3CCc4ccccc43)ccc21. The van der Waals surface area contributed by atoms with Crippen LogP contribution in [0.3, 0.4) is 0 Å². The molecular weight excluding hydrogens is 404 g/mol. The zero-order valence-corrected chi connectivity index (χ0v) is 17.6. The predicted molar refractivity (Wildman–Crippen MR) is 126 cm³/mol. The number of H-pyrrole nitrogens is 1. The largest absolute Gasteiger partial charge is 0.339 e. The van der Waals surface area contributed by atoms with Gasteiger partial charge in [-0.25, -0.2) is 0 Å². The number of carbonyl (C=O) groups excluding carboxylic acids is 1. The van der Waals surface area contributed by atoms with Gasteiger partial charge in [-0.1, -0.05) is 30.3 Å². The summed E-state index contributed by atoms with van der Waals surface area (Å²) in [4.78, 5) is 41.9. The second-order valence-electron chi connectivity index (χ2n) is 7.74. The Labute approximate surface area is 183 Å². The fourth-order valence-corrected chi connectivity index (χ4v) is 4.33. The van der Waals surface area contributed by atoms with Crippen molar-refractivity contribution in [3.63, 3.8) is 0 Å². The molecule has 0 spiro atoms. The molecule has 7 nitrogen and oxygen atoms in total. The maximum absolute atomic E-state index is 13.1. The maximum atomic E-state index is 13.1. The molecule has 0 atom stereocenters. The lowest BCUT2D eigenvalue weighted by atomic mass is 10.1. The normalized spacial score (nSPS) is 12.7. The van der Waals surface area contributed by atoms with E-state index in [1.165, 1.54) is 10.1 Å². The zero-order chi connectivity index (χ0) is 22.2. The molecule has 2 N–H and O–H groups in total. The molecular formula is C25H22N4O3. The lowest BCUT2D eigenvalue weighted by Crippen LogP contribution is -2.36. The molecule has 3 aromatic carbocycles. The number of aromatic nitrogens is 2. The van der Waals surface area contributed by atoms with Crippen molar-refractivity contribution in [1.29, 1.82) is 0 Å². The smallest absolute Gasteiger partial charge is 0.316 e. The Hall–Kier alpha value is -4.13. The lowest BCUT2D eigenvalue weighted by molar-refractivity contribution is 0.102. The summed E-state index contributed by atoms with van der Waals surface area (Å²) in [5.41, 5.74) is 4.21. The molecule has 1 aliphatic heterocycles. The van der Waals surface area contributed by atoms with E-state index in [2.05, 4.69) is 27.3 Å². The Kier molecular flexibility index (Phi) is 4.86. The first-order chi connectivity index (χ1) is 15.6. The van der Waals surface area contributed by atoms with Gasteiger partial charge < -0.3 is 19.8 Å². The molecule has 0 bridgehead atoms. The summed E-state index contributed by atoms with van der Waals surface area (Å²) in [6.45, 7) is 3.02. The third-order valence-corrected chi connectivity index (χ3v) is 5.88. The number of para-hydroxylation sites is 3. The third kappa shape index (κ3) is 3.28. The van der Waals surface area contributed by atoms with Crippen molar-refractivity contribution in [2.75, 3.05) is 16.8 Å². The van der Waals surface area contributed by atoms with Gasteiger partial charge in [-0.3, -0.25) is 14.4 Å². The standard InChI is InChI=1S/C25H22N4O3/c1-2-28-22-12-11-17(15-19(22)27-24(31)25(28)32)23(30)26-18-8-4-6-10-21(18)29-14-13-16-7-3-5-9-20(16)29/h3-12,15H,2,13-14H2,1H3,(H,26,30)(H,27,31). The highest BCUT2D eigenvalue weighted by molar-refractivity contribution is 6.07. The van der Waals surface area contributed by atoms with Crippen LogP contribution in [0.1, 0.15) is 22.8 Å². The lowest BCUT2D eigenvalue weighted by Gasteiger charge is -2.23. The Morgan fingerprint density at radius 2 is 1.75 bits per heavy atom. The van der Waals surface area contributed by atoms with E-state index in [1.54, 1.807) is 25.1 Å². The Bertz CT molecular complexity index is 1470. The van der Waals surface area contributed by atoms with E-state index in [1.807, 2.05) is 36.4 Å². The average molecular weight is 426 g/mol. The van der Waals surface area contributed by atoms with Crippen molar-refractivity contribution < 1.29 is 4.79 Å². The molecule has 0 saturated heterocycles. The Morgan fingerprint density at radius 3 is 2.56 bits per heavy atom. The number of fused-ring (bicyclic) bond motifs is 2. The van der Waals surface area contributed by atoms with Crippen LogP contribution in [0.4, 0.5) is 17.1 Å². The van der Waals surface area contributed by atoms with Crippen molar-refractivity contribution in [2.24, 2.45) is 0 Å². The number of rotatable bonds is 4. The van der Waals surface area contributed by atoms with Crippen molar-refractivity contribution in [3.05, 3.63) is 98.6 Å². The minimum atomic E-state index is -0.699. The minimum absolute atomic E-state index is 0.290. The van der Waals surface area contributed by atoms with E-state index in [-0.39, 0.29) is 5.91 Å². The second-order valence-corrected chi connectivity index (χ2v) is 7.74. The summed E-state index contributed by atoms with van der Waals surface area (Å²) < 4.78 is 1.40. The molecule has 0 aliphatic carbocycles. The highest BCUT2D eigenvalue weighted by Gasteiger charge is 2.22. The fourth-order valence-electron chi connectivity index (χ4n) is 4.33. The number of anilines is 3.